The summed E-state index contributed by atoms with van der Waals surface area (Å²) in [7, 11) is 0. The predicted molar refractivity (Wildman–Crippen MR) is 221 cm³/mol. The van der Waals surface area contributed by atoms with Crippen molar-refractivity contribution in [3.8, 4) is 0 Å². The molecule has 0 aromatic rings. The Morgan fingerprint density at radius 3 is 1.34 bits per heavy atom. The molecule has 0 aliphatic heterocycles. The van der Waals surface area contributed by atoms with Crippen LogP contribution in [0.2, 0.25) is 0 Å². The molecule has 23 heteroatoms. The van der Waals surface area contributed by atoms with Gasteiger partial charge in [-0.2, -0.15) is 0 Å². The Balaban J connectivity index is 4.28. The molecule has 61 heavy (non-hydrogen) atoms. The second-order valence-corrected chi connectivity index (χ2v) is 12.7. The van der Waals surface area contributed by atoms with Crippen molar-refractivity contribution >= 4 is 17.6 Å². The van der Waals surface area contributed by atoms with E-state index in [-0.39, 0.29) is 83.0 Å². The Morgan fingerprint density at radius 2 is 0.852 bits per heavy atom. The molecule has 0 fully saturated rings. The first-order chi connectivity index (χ1) is 30.0. The van der Waals surface area contributed by atoms with Crippen LogP contribution in [0.3, 0.4) is 0 Å². The highest BCUT2D eigenvalue weighted by molar-refractivity contribution is 5.78. The van der Waals surface area contributed by atoms with Crippen LogP contribution in [0, 0.1) is 0 Å². The summed E-state index contributed by atoms with van der Waals surface area (Å²) in [4.78, 5) is 42.6. The van der Waals surface area contributed by atoms with Crippen LogP contribution in [-0.4, -0.2) is 202 Å². The Morgan fingerprint density at radius 1 is 0.459 bits per heavy atom. The minimum atomic E-state index is -0.513. The van der Waals surface area contributed by atoms with Crippen LogP contribution >= 0.6 is 0 Å². The monoisotopic (exact) mass is 881 g/mol. The normalized spacial score (nSPS) is 11.5. The number of nitrogens with zero attached hydrogens (tertiary/aromatic N) is 6. The van der Waals surface area contributed by atoms with Crippen molar-refractivity contribution in [2.24, 2.45) is 10.2 Å². The van der Waals surface area contributed by atoms with Gasteiger partial charge in [-0.25, -0.2) is 0 Å². The van der Waals surface area contributed by atoms with Gasteiger partial charge in [0, 0.05) is 68.4 Å². The molecule has 0 bridgehead atoms. The summed E-state index contributed by atoms with van der Waals surface area (Å²) in [6.45, 7) is 11.6. The summed E-state index contributed by atoms with van der Waals surface area (Å²) < 4.78 is 65.4. The summed E-state index contributed by atoms with van der Waals surface area (Å²) in [5.74, 6) is -0.432. The number of carbonyl (C=O) groups excluding carboxylic acids is 3. The molecular weight excluding hydrogens is 808 g/mol. The summed E-state index contributed by atoms with van der Waals surface area (Å²) in [6.07, 6.45) is 2.33. The summed E-state index contributed by atoms with van der Waals surface area (Å²) in [5.41, 5.74) is 16.4. The van der Waals surface area contributed by atoms with Gasteiger partial charge in [-0.3, -0.25) is 14.4 Å². The Bertz CT molecular complexity index is 1060. The fourth-order valence-electron chi connectivity index (χ4n) is 4.54. The third kappa shape index (κ3) is 47.6. The largest absolute Gasteiger partial charge is 0.379 e. The van der Waals surface area contributed by atoms with Gasteiger partial charge in [-0.05, 0) is 23.9 Å². The van der Waals surface area contributed by atoms with Crippen molar-refractivity contribution in [2.75, 3.05) is 178 Å². The van der Waals surface area contributed by atoms with Crippen LogP contribution in [0.15, 0.2) is 10.2 Å². The third-order valence-corrected chi connectivity index (χ3v) is 7.54. The lowest BCUT2D eigenvalue weighted by molar-refractivity contribution is -0.125. The van der Waals surface area contributed by atoms with Crippen LogP contribution in [0.1, 0.15) is 45.4 Å². The number of rotatable bonds is 50. The quantitative estimate of drug-likeness (QED) is 0.0384. The topological polar surface area (TPSA) is 284 Å². The molecule has 0 aromatic heterocycles. The Kier molecular flexibility index (Phi) is 46.8. The maximum absolute atomic E-state index is 12.7. The van der Waals surface area contributed by atoms with Crippen LogP contribution in [0.4, 0.5) is 0 Å². The number of ether oxygens (including phenoxy) is 12. The van der Waals surface area contributed by atoms with Crippen molar-refractivity contribution in [1.82, 2.24) is 10.6 Å². The van der Waals surface area contributed by atoms with E-state index in [1.54, 1.807) is 0 Å². The van der Waals surface area contributed by atoms with Crippen LogP contribution in [0.25, 0.3) is 20.9 Å². The smallest absolute Gasteiger partial charge is 0.222 e. The van der Waals surface area contributed by atoms with E-state index in [1.165, 1.54) is 0 Å². The van der Waals surface area contributed by atoms with E-state index in [0.717, 1.165) is 13.0 Å². The van der Waals surface area contributed by atoms with E-state index in [9.17, 15) is 14.4 Å². The van der Waals surface area contributed by atoms with E-state index in [0.29, 0.717) is 138 Å². The third-order valence-electron chi connectivity index (χ3n) is 7.54. The highest BCUT2D eigenvalue weighted by atomic mass is 16.6. The van der Waals surface area contributed by atoms with Gasteiger partial charge in [0.15, 0.2) is 0 Å². The van der Waals surface area contributed by atoms with E-state index in [4.69, 9.17) is 67.9 Å². The average molecular weight is 881 g/mol. The lowest BCUT2D eigenvalue weighted by Gasteiger charge is -2.19. The first-order valence-electron chi connectivity index (χ1n) is 21.1. The molecular formula is C38H72N8O15. The minimum Gasteiger partial charge on any atom is -0.379 e. The van der Waals surface area contributed by atoms with Gasteiger partial charge in [-0.15, -0.1) is 0 Å². The zero-order chi connectivity index (χ0) is 44.4. The van der Waals surface area contributed by atoms with Gasteiger partial charge in [0.2, 0.25) is 11.8 Å². The highest BCUT2D eigenvalue weighted by Gasteiger charge is 2.14. The zero-order valence-corrected chi connectivity index (χ0v) is 36.2. The molecule has 0 aromatic carbocycles. The molecule has 1 unspecified atom stereocenters. The average Bonchev–Trinajstić information content (AvgIpc) is 3.25. The number of Topliss-reactive ketones (excluding diaryl/α,β-unsaturated/α-hetero) is 1. The molecule has 0 radical (unpaired) electrons. The lowest BCUT2D eigenvalue weighted by Crippen LogP contribution is -2.42. The van der Waals surface area contributed by atoms with E-state index < -0.39 is 6.04 Å². The maximum Gasteiger partial charge on any atom is 0.222 e. The molecule has 0 heterocycles. The standard InChI is InChI=1S/C38H72N8O15/c1-2-11-50-19-25-56-31-32-58-27-21-52-14-7-38(49)44-35(33-60-13-5-36(47)4-3-12-51-20-26-57-29-23-54-17-9-42-45-39)34-61-15-6-37(48)41-8-16-53-22-28-59-30-24-55-18-10-43-46-40/h35H,2-34H2,1H3,(H,41,48)(H,44,49). The van der Waals surface area contributed by atoms with Gasteiger partial charge in [0.1, 0.15) is 5.78 Å². The van der Waals surface area contributed by atoms with Gasteiger partial charge in [0.25, 0.3) is 0 Å². The molecule has 354 valence electrons. The first-order valence-corrected chi connectivity index (χ1v) is 21.1. The van der Waals surface area contributed by atoms with Crippen LogP contribution < -0.4 is 10.6 Å². The summed E-state index contributed by atoms with van der Waals surface area (Å²) in [6, 6.07) is -0.513. The fourth-order valence-corrected chi connectivity index (χ4v) is 4.54. The number of azide groups is 2. The number of hydrogen-bond donors (Lipinski definition) is 2. The molecule has 0 spiro atoms. The number of ketones is 1. The highest BCUT2D eigenvalue weighted by Crippen LogP contribution is 2.00. The second-order valence-electron chi connectivity index (χ2n) is 12.7. The van der Waals surface area contributed by atoms with E-state index in [1.807, 2.05) is 0 Å². The van der Waals surface area contributed by atoms with E-state index >= 15 is 0 Å². The van der Waals surface area contributed by atoms with Crippen LogP contribution in [-0.2, 0) is 71.2 Å². The maximum atomic E-state index is 12.7. The lowest BCUT2D eigenvalue weighted by atomic mass is 10.2. The summed E-state index contributed by atoms with van der Waals surface area (Å²) >= 11 is 0. The van der Waals surface area contributed by atoms with Crippen molar-refractivity contribution in [3.63, 3.8) is 0 Å². The Hall–Kier alpha value is -3.25. The number of carbonyl (C=O) groups is 3. The molecule has 0 saturated heterocycles. The van der Waals surface area contributed by atoms with Crippen molar-refractivity contribution in [3.05, 3.63) is 20.9 Å². The molecule has 0 aliphatic carbocycles. The van der Waals surface area contributed by atoms with Crippen LogP contribution in [0.5, 0.6) is 0 Å². The second kappa shape index (κ2) is 49.4. The van der Waals surface area contributed by atoms with Gasteiger partial charge in [-0.1, -0.05) is 17.2 Å². The Labute approximate surface area is 359 Å². The molecule has 0 rings (SSSR count). The number of hydrogen-bond acceptors (Lipinski definition) is 17. The number of amides is 2. The van der Waals surface area contributed by atoms with E-state index in [2.05, 4.69) is 37.6 Å². The van der Waals surface area contributed by atoms with Gasteiger partial charge < -0.3 is 67.5 Å². The number of nitrogens with one attached hydrogen (secondary N) is 2. The molecule has 1 atom stereocenters. The molecule has 2 N–H and O–H groups in total. The summed E-state index contributed by atoms with van der Waals surface area (Å²) in [5, 5.41) is 12.4. The predicted octanol–water partition coefficient (Wildman–Crippen LogP) is 2.34. The van der Waals surface area contributed by atoms with Crippen molar-refractivity contribution < 1.29 is 71.2 Å². The fraction of sp³-hybridized carbons (Fsp3) is 0.921. The SMILES string of the molecule is CCCOCCOCCOCCOCCC(=O)NC(COCCC(=O)CCCOCCOCCOCCN=[N+]=[N-])COCCC(=O)NCCOCCOCCOCCN=[N+]=[N-]. The molecule has 0 saturated carbocycles. The van der Waals surface area contributed by atoms with Crippen molar-refractivity contribution in [2.45, 2.75) is 51.5 Å². The van der Waals surface area contributed by atoms with Crippen molar-refractivity contribution in [1.29, 1.82) is 0 Å². The molecule has 23 nitrogen and oxygen atoms in total. The zero-order valence-electron chi connectivity index (χ0n) is 36.2. The van der Waals surface area contributed by atoms with Gasteiger partial charge in [0.05, 0.1) is 151 Å². The minimum absolute atomic E-state index is 0.0341. The first kappa shape index (κ1) is 57.8. The van der Waals surface area contributed by atoms with Gasteiger partial charge >= 0.3 is 0 Å². The molecule has 0 aliphatic rings. The molecule has 2 amide bonds.